The number of aliphatic hydroxyl groups is 1. The van der Waals surface area contributed by atoms with E-state index in [2.05, 4.69) is 22.7 Å². The summed E-state index contributed by atoms with van der Waals surface area (Å²) in [5, 5.41) is 20.0. The molecule has 2 amide bonds. The summed E-state index contributed by atoms with van der Waals surface area (Å²) in [6, 6.07) is 4.99. The van der Waals surface area contributed by atoms with Crippen molar-refractivity contribution in [2.24, 2.45) is 0 Å². The first-order valence-electron chi connectivity index (χ1n) is 7.71. The normalized spacial score (nSPS) is 15.0. The van der Waals surface area contributed by atoms with Gasteiger partial charge < -0.3 is 14.8 Å². The van der Waals surface area contributed by atoms with E-state index < -0.39 is 11.6 Å². The van der Waals surface area contributed by atoms with E-state index in [1.165, 1.54) is 0 Å². The van der Waals surface area contributed by atoms with Crippen LogP contribution < -0.4 is 10.6 Å². The van der Waals surface area contributed by atoms with Gasteiger partial charge >= 0.3 is 6.03 Å². The van der Waals surface area contributed by atoms with Gasteiger partial charge in [-0.1, -0.05) is 6.92 Å². The maximum Gasteiger partial charge on any atom is 0.320 e. The Morgan fingerprint density at radius 3 is 2.83 bits per heavy atom. The maximum atomic E-state index is 12.1. The van der Waals surface area contributed by atoms with Crippen molar-refractivity contribution in [1.29, 1.82) is 0 Å². The van der Waals surface area contributed by atoms with Gasteiger partial charge in [0.15, 0.2) is 0 Å². The lowest BCUT2D eigenvalue weighted by molar-refractivity contribution is 0.0364. The van der Waals surface area contributed by atoms with Crippen molar-refractivity contribution in [3.63, 3.8) is 0 Å². The number of hydrogen-bond acceptors (Lipinski definition) is 4. The average Bonchev–Trinajstić information content (AvgIpc) is 3.14. The predicted molar refractivity (Wildman–Crippen MR) is 87.3 cm³/mol. The van der Waals surface area contributed by atoms with E-state index in [9.17, 15) is 9.90 Å². The summed E-state index contributed by atoms with van der Waals surface area (Å²) in [6.07, 6.45) is 2.55. The van der Waals surface area contributed by atoms with E-state index in [1.807, 2.05) is 6.92 Å². The molecule has 0 fully saturated rings. The fourth-order valence-electron chi connectivity index (χ4n) is 2.16. The molecule has 0 radical (unpaired) electrons. The van der Waals surface area contributed by atoms with Crippen molar-refractivity contribution >= 4 is 11.8 Å². The van der Waals surface area contributed by atoms with Gasteiger partial charge in [-0.25, -0.2) is 9.48 Å². The van der Waals surface area contributed by atoms with Crippen LogP contribution in [0.2, 0.25) is 0 Å². The summed E-state index contributed by atoms with van der Waals surface area (Å²) >= 11 is 0. The van der Waals surface area contributed by atoms with E-state index in [-0.39, 0.29) is 12.6 Å². The Balaban J connectivity index is 1.94. The average molecular weight is 320 g/mol. The first-order chi connectivity index (χ1) is 10.8. The number of carbonyl (C=O) groups excluding carboxylic acids is 1. The van der Waals surface area contributed by atoms with Crippen LogP contribution in [0.4, 0.5) is 10.6 Å². The van der Waals surface area contributed by atoms with Crippen LogP contribution in [0, 0.1) is 6.92 Å². The molecule has 0 aliphatic rings. The molecule has 126 valence electrons. The fourth-order valence-corrected chi connectivity index (χ4v) is 2.16. The van der Waals surface area contributed by atoms with Crippen LogP contribution in [-0.2, 0) is 5.60 Å². The van der Waals surface area contributed by atoms with E-state index >= 15 is 0 Å². The summed E-state index contributed by atoms with van der Waals surface area (Å²) in [6.45, 7) is 7.51. The molecule has 0 bridgehead atoms. The Labute approximate surface area is 135 Å². The minimum absolute atomic E-state index is 0.0310. The van der Waals surface area contributed by atoms with Gasteiger partial charge in [0.05, 0.1) is 18.8 Å². The monoisotopic (exact) mass is 320 g/mol. The van der Waals surface area contributed by atoms with Crippen LogP contribution >= 0.6 is 0 Å². The Kier molecular flexibility index (Phi) is 5.10. The van der Waals surface area contributed by atoms with E-state index in [1.54, 1.807) is 42.9 Å². The van der Waals surface area contributed by atoms with Gasteiger partial charge in [-0.15, -0.1) is 0 Å². The van der Waals surface area contributed by atoms with Gasteiger partial charge in [0.2, 0.25) is 0 Å². The maximum absolute atomic E-state index is 12.1. The molecule has 0 aliphatic carbocycles. The first-order valence-corrected chi connectivity index (χ1v) is 7.71. The number of anilines is 1. The van der Waals surface area contributed by atoms with Crippen LogP contribution in [0.5, 0.6) is 0 Å². The van der Waals surface area contributed by atoms with E-state index in [4.69, 9.17) is 4.42 Å². The lowest BCUT2D eigenvalue weighted by Gasteiger charge is -2.21. The first kappa shape index (κ1) is 17.1. The van der Waals surface area contributed by atoms with Gasteiger partial charge in [0, 0.05) is 6.07 Å². The van der Waals surface area contributed by atoms with Gasteiger partial charge in [-0.2, -0.15) is 5.10 Å². The molecule has 0 aliphatic heterocycles. The summed E-state index contributed by atoms with van der Waals surface area (Å²) in [5.74, 6) is 1.74. The summed E-state index contributed by atoms with van der Waals surface area (Å²) in [7, 11) is 0. The molecule has 2 rings (SSSR count). The number of aromatic nitrogens is 2. The SMILES string of the molecule is CCC(C)n1nccc1NC(=O)NCC(C)(O)c1ccc(C)o1. The Morgan fingerprint density at radius 1 is 1.48 bits per heavy atom. The lowest BCUT2D eigenvalue weighted by atomic mass is 10.0. The highest BCUT2D eigenvalue weighted by atomic mass is 16.4. The molecule has 7 heteroatoms. The Morgan fingerprint density at radius 2 is 2.22 bits per heavy atom. The molecule has 2 atom stereocenters. The topological polar surface area (TPSA) is 92.3 Å². The molecule has 2 aromatic heterocycles. The third-order valence-corrected chi connectivity index (χ3v) is 3.78. The van der Waals surface area contributed by atoms with Gasteiger partial charge in [-0.05, 0) is 39.3 Å². The molecule has 2 unspecified atom stereocenters. The second-order valence-corrected chi connectivity index (χ2v) is 5.91. The van der Waals surface area contributed by atoms with Crippen LogP contribution in [0.15, 0.2) is 28.8 Å². The lowest BCUT2D eigenvalue weighted by Crippen LogP contribution is -2.40. The molecule has 0 spiro atoms. The quantitative estimate of drug-likeness (QED) is 0.763. The van der Waals surface area contributed by atoms with Crippen LogP contribution in [0.3, 0.4) is 0 Å². The molecule has 7 nitrogen and oxygen atoms in total. The van der Waals surface area contributed by atoms with Gasteiger partial charge in [0.1, 0.15) is 22.9 Å². The fraction of sp³-hybridized carbons (Fsp3) is 0.500. The van der Waals surface area contributed by atoms with Crippen LogP contribution in [-0.4, -0.2) is 27.5 Å². The molecule has 0 saturated heterocycles. The number of nitrogens with zero attached hydrogens (tertiary/aromatic N) is 2. The Bertz CT molecular complexity index is 660. The van der Waals surface area contributed by atoms with Crippen molar-refractivity contribution in [2.45, 2.75) is 45.8 Å². The number of hydrogen-bond donors (Lipinski definition) is 3. The predicted octanol–water partition coefficient (Wildman–Crippen LogP) is 2.78. The number of urea groups is 1. The molecule has 3 N–H and O–H groups in total. The number of aryl methyl sites for hydroxylation is 1. The smallest absolute Gasteiger partial charge is 0.320 e. The molecule has 2 heterocycles. The minimum Gasteiger partial charge on any atom is -0.463 e. The zero-order chi connectivity index (χ0) is 17.0. The van der Waals surface area contributed by atoms with Crippen molar-refractivity contribution in [1.82, 2.24) is 15.1 Å². The van der Waals surface area contributed by atoms with Crippen LogP contribution in [0.1, 0.15) is 44.8 Å². The number of carbonyl (C=O) groups is 1. The summed E-state index contributed by atoms with van der Waals surface area (Å²) < 4.78 is 7.17. The highest BCUT2D eigenvalue weighted by Gasteiger charge is 2.27. The molecule has 23 heavy (non-hydrogen) atoms. The minimum atomic E-state index is -1.28. The zero-order valence-electron chi connectivity index (χ0n) is 14.0. The van der Waals surface area contributed by atoms with Crippen molar-refractivity contribution in [2.75, 3.05) is 11.9 Å². The summed E-state index contributed by atoms with van der Waals surface area (Å²) in [4.78, 5) is 12.1. The number of rotatable bonds is 6. The van der Waals surface area contributed by atoms with Crippen LogP contribution in [0.25, 0.3) is 0 Å². The zero-order valence-corrected chi connectivity index (χ0v) is 14.0. The largest absolute Gasteiger partial charge is 0.463 e. The van der Waals surface area contributed by atoms with E-state index in [0.29, 0.717) is 17.3 Å². The van der Waals surface area contributed by atoms with Gasteiger partial charge in [0.25, 0.3) is 0 Å². The third kappa shape index (κ3) is 4.13. The molecule has 2 aromatic rings. The highest BCUT2D eigenvalue weighted by molar-refractivity contribution is 5.88. The third-order valence-electron chi connectivity index (χ3n) is 3.78. The van der Waals surface area contributed by atoms with Crippen molar-refractivity contribution < 1.29 is 14.3 Å². The molecular weight excluding hydrogens is 296 g/mol. The molecule has 0 saturated carbocycles. The van der Waals surface area contributed by atoms with E-state index in [0.717, 1.165) is 6.42 Å². The molecule has 0 aromatic carbocycles. The van der Waals surface area contributed by atoms with Crippen molar-refractivity contribution in [3.8, 4) is 0 Å². The van der Waals surface area contributed by atoms with Crippen molar-refractivity contribution in [3.05, 3.63) is 35.9 Å². The second kappa shape index (κ2) is 6.87. The summed E-state index contributed by atoms with van der Waals surface area (Å²) in [5.41, 5.74) is -1.28. The molecular formula is C16H24N4O3. The number of amides is 2. The highest BCUT2D eigenvalue weighted by Crippen LogP contribution is 2.22. The second-order valence-electron chi connectivity index (χ2n) is 5.91. The Hall–Kier alpha value is -2.28. The number of nitrogens with one attached hydrogen (secondary N) is 2. The van der Waals surface area contributed by atoms with Gasteiger partial charge in [-0.3, -0.25) is 5.32 Å². The number of furan rings is 1. The standard InChI is InChI=1S/C16H24N4O3/c1-5-11(2)20-14(8-9-18-20)19-15(21)17-10-16(4,22)13-7-6-12(3)23-13/h6-9,11,22H,5,10H2,1-4H3,(H2,17,19,21).